The largest absolute Gasteiger partial charge is 0.347 e. The Kier molecular flexibility index (Phi) is 3.22. The van der Waals surface area contributed by atoms with Crippen LogP contribution in [0.25, 0.3) is 0 Å². The van der Waals surface area contributed by atoms with Crippen LogP contribution in [0.3, 0.4) is 0 Å². The van der Waals surface area contributed by atoms with Crippen molar-refractivity contribution in [1.82, 2.24) is 0 Å². The summed E-state index contributed by atoms with van der Waals surface area (Å²) in [6, 6.07) is 0. The number of sulfone groups is 1. The fourth-order valence-corrected chi connectivity index (χ4v) is 3.33. The van der Waals surface area contributed by atoms with E-state index in [0.717, 1.165) is 0 Å². The monoisotopic (exact) mass is 228 g/mol. The normalized spacial score (nSPS) is 29.6. The Morgan fingerprint density at radius 1 is 1.38 bits per heavy atom. The molecule has 78 valence electrons. The third-order valence-electron chi connectivity index (χ3n) is 1.84. The number of alkyl halides is 1. The zero-order valence-electron chi connectivity index (χ0n) is 7.62. The summed E-state index contributed by atoms with van der Waals surface area (Å²) in [5.74, 6) is -1.25. The van der Waals surface area contributed by atoms with Crippen LogP contribution < -0.4 is 0 Å². The highest BCUT2D eigenvalue weighted by molar-refractivity contribution is 7.95. The molecule has 1 aliphatic heterocycles. The van der Waals surface area contributed by atoms with Crippen LogP contribution in [-0.2, 0) is 19.3 Å². The molecular formula is C7H13ClO4S. The highest BCUT2D eigenvalue weighted by Crippen LogP contribution is 2.39. The van der Waals surface area contributed by atoms with E-state index in [4.69, 9.17) is 21.1 Å². The van der Waals surface area contributed by atoms with Gasteiger partial charge < -0.3 is 9.47 Å². The lowest BCUT2D eigenvalue weighted by Crippen LogP contribution is -2.63. The Morgan fingerprint density at radius 3 is 2.08 bits per heavy atom. The van der Waals surface area contributed by atoms with Crippen molar-refractivity contribution in [3.05, 3.63) is 0 Å². The van der Waals surface area contributed by atoms with Crippen LogP contribution in [0.5, 0.6) is 0 Å². The van der Waals surface area contributed by atoms with Gasteiger partial charge in [-0.15, -0.1) is 0 Å². The van der Waals surface area contributed by atoms with Gasteiger partial charge in [0.2, 0.25) is 5.79 Å². The first-order valence-electron chi connectivity index (χ1n) is 4.12. The molecule has 1 heterocycles. The van der Waals surface area contributed by atoms with Crippen LogP contribution in [0.15, 0.2) is 0 Å². The zero-order chi connectivity index (χ0) is 10.1. The van der Waals surface area contributed by atoms with Gasteiger partial charge in [-0.2, -0.15) is 0 Å². The number of hydrogen-bond acceptors (Lipinski definition) is 4. The predicted molar refractivity (Wildman–Crippen MR) is 49.4 cm³/mol. The van der Waals surface area contributed by atoms with Gasteiger partial charge in [0.15, 0.2) is 14.5 Å². The van der Waals surface area contributed by atoms with Gasteiger partial charge >= 0.3 is 0 Å². The Bertz CT molecular complexity index is 268. The summed E-state index contributed by atoms with van der Waals surface area (Å²) in [6.07, 6.45) is 0. The summed E-state index contributed by atoms with van der Waals surface area (Å²) in [4.78, 5) is 0. The second-order valence-corrected chi connectivity index (χ2v) is 5.58. The molecule has 0 aromatic rings. The van der Waals surface area contributed by atoms with Crippen LogP contribution in [-0.4, -0.2) is 37.9 Å². The van der Waals surface area contributed by atoms with Gasteiger partial charge in [0, 0.05) is 13.2 Å². The molecule has 0 radical (unpaired) electrons. The number of ether oxygens (including phenoxy) is 2. The molecule has 0 aromatic heterocycles. The molecule has 0 aliphatic carbocycles. The Balaban J connectivity index is 2.74. The van der Waals surface area contributed by atoms with E-state index in [1.54, 1.807) is 13.8 Å². The maximum absolute atomic E-state index is 11.1. The molecule has 1 atom stereocenters. The fraction of sp³-hybridized carbons (Fsp3) is 1.00. The van der Waals surface area contributed by atoms with E-state index in [2.05, 4.69) is 0 Å². The molecule has 1 fully saturated rings. The average Bonchev–Trinajstić information content (AvgIpc) is 2.04. The Morgan fingerprint density at radius 2 is 1.85 bits per heavy atom. The number of halogens is 1. The molecule has 1 rings (SSSR count). The average molecular weight is 229 g/mol. The predicted octanol–water partition coefficient (Wildman–Crippen LogP) is 0.749. The van der Waals surface area contributed by atoms with Crippen molar-refractivity contribution >= 4 is 21.4 Å². The van der Waals surface area contributed by atoms with Gasteiger partial charge in [-0.05, 0) is 13.8 Å². The lowest BCUT2D eigenvalue weighted by molar-refractivity contribution is -0.218. The SMILES string of the molecule is CCOC1(OCC)CS(=O)(=O)[C@@H]1Cl. The smallest absolute Gasteiger partial charge is 0.213 e. The van der Waals surface area contributed by atoms with Crippen molar-refractivity contribution in [2.75, 3.05) is 19.0 Å². The van der Waals surface area contributed by atoms with Gasteiger partial charge in [0.1, 0.15) is 5.75 Å². The first kappa shape index (κ1) is 11.2. The molecular weight excluding hydrogens is 216 g/mol. The maximum atomic E-state index is 11.1. The zero-order valence-corrected chi connectivity index (χ0v) is 9.19. The van der Waals surface area contributed by atoms with E-state index in [9.17, 15) is 8.42 Å². The summed E-state index contributed by atoms with van der Waals surface area (Å²) in [7, 11) is -3.20. The summed E-state index contributed by atoms with van der Waals surface area (Å²) < 4.78 is 31.6. The standard InChI is InChI=1S/C7H13ClO4S/c1-3-11-7(12-4-2)5-13(9,10)6(7)8/h6H,3-5H2,1-2H3/t6-/m0/s1. The van der Waals surface area contributed by atoms with Crippen LogP contribution in [0.2, 0.25) is 0 Å². The van der Waals surface area contributed by atoms with Gasteiger partial charge in [-0.1, -0.05) is 11.6 Å². The van der Waals surface area contributed by atoms with Crippen LogP contribution in [0.1, 0.15) is 13.8 Å². The minimum atomic E-state index is -3.20. The topological polar surface area (TPSA) is 52.6 Å². The maximum Gasteiger partial charge on any atom is 0.213 e. The van der Waals surface area contributed by atoms with E-state index in [1.165, 1.54) is 0 Å². The molecule has 4 nitrogen and oxygen atoms in total. The van der Waals surface area contributed by atoms with Crippen molar-refractivity contribution in [3.63, 3.8) is 0 Å². The molecule has 6 heteroatoms. The van der Waals surface area contributed by atoms with Gasteiger partial charge in [0.05, 0.1) is 0 Å². The van der Waals surface area contributed by atoms with Crippen molar-refractivity contribution in [2.24, 2.45) is 0 Å². The van der Waals surface area contributed by atoms with E-state index in [-0.39, 0.29) is 5.75 Å². The molecule has 0 spiro atoms. The highest BCUT2D eigenvalue weighted by Gasteiger charge is 2.60. The number of rotatable bonds is 4. The second-order valence-electron chi connectivity index (χ2n) is 2.80. The van der Waals surface area contributed by atoms with Crippen molar-refractivity contribution < 1.29 is 17.9 Å². The third kappa shape index (κ3) is 1.83. The quantitative estimate of drug-likeness (QED) is 0.526. The summed E-state index contributed by atoms with van der Waals surface area (Å²) >= 11 is 5.68. The molecule has 0 amide bonds. The van der Waals surface area contributed by atoms with E-state index >= 15 is 0 Å². The van der Waals surface area contributed by atoms with Crippen LogP contribution in [0.4, 0.5) is 0 Å². The van der Waals surface area contributed by atoms with Crippen LogP contribution >= 0.6 is 11.6 Å². The lowest BCUT2D eigenvalue weighted by atomic mass is 10.3. The number of hydrogen-bond donors (Lipinski definition) is 0. The molecule has 1 aliphatic rings. The molecule has 0 aromatic carbocycles. The molecule has 0 N–H and O–H groups in total. The van der Waals surface area contributed by atoms with E-state index in [1.807, 2.05) is 0 Å². The third-order valence-corrected chi connectivity index (χ3v) is 4.78. The Labute approximate surface area is 83.1 Å². The second kappa shape index (κ2) is 3.73. The summed E-state index contributed by atoms with van der Waals surface area (Å²) in [5.41, 5.74) is 0. The summed E-state index contributed by atoms with van der Waals surface area (Å²) in [5, 5.41) is 0. The molecule has 0 saturated carbocycles. The highest BCUT2D eigenvalue weighted by atomic mass is 35.5. The van der Waals surface area contributed by atoms with E-state index in [0.29, 0.717) is 13.2 Å². The summed E-state index contributed by atoms with van der Waals surface area (Å²) in [6.45, 7) is 4.32. The first-order valence-corrected chi connectivity index (χ1v) is 6.27. The minimum Gasteiger partial charge on any atom is -0.347 e. The van der Waals surface area contributed by atoms with Crippen molar-refractivity contribution in [2.45, 2.75) is 24.3 Å². The first-order chi connectivity index (χ1) is 5.98. The van der Waals surface area contributed by atoms with E-state index < -0.39 is 20.3 Å². The molecule has 0 bridgehead atoms. The van der Waals surface area contributed by atoms with Gasteiger partial charge in [-0.25, -0.2) is 8.42 Å². The molecule has 1 saturated heterocycles. The fourth-order valence-electron chi connectivity index (χ4n) is 1.34. The van der Waals surface area contributed by atoms with Gasteiger partial charge in [-0.3, -0.25) is 0 Å². The molecule has 0 unspecified atom stereocenters. The lowest BCUT2D eigenvalue weighted by Gasteiger charge is -2.43. The van der Waals surface area contributed by atoms with Crippen molar-refractivity contribution in [3.8, 4) is 0 Å². The molecule has 13 heavy (non-hydrogen) atoms. The Hall–Kier alpha value is 0.160. The van der Waals surface area contributed by atoms with Crippen LogP contribution in [0, 0.1) is 0 Å². The van der Waals surface area contributed by atoms with Gasteiger partial charge in [0.25, 0.3) is 0 Å². The minimum absolute atomic E-state index is 0.143. The van der Waals surface area contributed by atoms with Crippen molar-refractivity contribution in [1.29, 1.82) is 0 Å².